The van der Waals surface area contributed by atoms with Crippen molar-refractivity contribution in [2.45, 2.75) is 0 Å². The Balaban J connectivity index is 2.99. The van der Waals surface area contributed by atoms with Crippen LogP contribution < -0.4 is 0 Å². The van der Waals surface area contributed by atoms with Gasteiger partial charge in [0.2, 0.25) is 0 Å². The predicted octanol–water partition coefficient (Wildman–Crippen LogP) is 0.530. The van der Waals surface area contributed by atoms with Crippen LogP contribution in [-0.4, -0.2) is 21.4 Å². The quantitative estimate of drug-likeness (QED) is 0.307. The second-order valence-electron chi connectivity index (χ2n) is 1.93. The third-order valence-electron chi connectivity index (χ3n) is 1.18. The fraction of sp³-hybridized carbons (Fsp3) is 0. The monoisotopic (exact) mass is 167 g/mol. The lowest BCUT2D eigenvalue weighted by atomic mass is 10.3. The number of carbonyl (C=O) groups excluding carboxylic acids is 1. The third-order valence-corrected chi connectivity index (χ3v) is 1.18. The molecule has 12 heavy (non-hydrogen) atoms. The number of H-pyrrole nitrogens is 1. The lowest BCUT2D eigenvalue weighted by Gasteiger charge is -1.88. The summed E-state index contributed by atoms with van der Waals surface area (Å²) >= 11 is 0. The molecule has 0 atom stereocenters. The molecule has 0 unspecified atom stereocenters. The minimum Gasteiger partial charge on any atom is -0.358 e. The summed E-state index contributed by atoms with van der Waals surface area (Å²) in [5.41, 5.74) is 0.284. The molecule has 0 fully saturated rings. The van der Waals surface area contributed by atoms with Gasteiger partial charge < -0.3 is 10.1 Å². The van der Waals surface area contributed by atoms with Crippen LogP contribution in [0.4, 0.5) is 5.82 Å². The number of aromatic nitrogens is 2. The number of carbonyl (C=O) groups is 1. The van der Waals surface area contributed by atoms with Crippen LogP contribution >= 0.6 is 0 Å². The summed E-state index contributed by atoms with van der Waals surface area (Å²) < 4.78 is 0. The van der Waals surface area contributed by atoms with Crippen molar-refractivity contribution >= 4 is 18.2 Å². The van der Waals surface area contributed by atoms with Crippen molar-refractivity contribution in [3.8, 4) is 0 Å². The van der Waals surface area contributed by atoms with E-state index in [0.29, 0.717) is 6.29 Å². The summed E-state index contributed by atoms with van der Waals surface area (Å²) in [4.78, 5) is 19.6. The normalized spacial score (nSPS) is 10.3. The number of nitro groups is 1. The highest BCUT2D eigenvalue weighted by atomic mass is 16.6. The molecular weight excluding hydrogens is 162 g/mol. The van der Waals surface area contributed by atoms with E-state index in [2.05, 4.69) is 10.2 Å². The van der Waals surface area contributed by atoms with E-state index in [-0.39, 0.29) is 11.4 Å². The van der Waals surface area contributed by atoms with E-state index in [4.69, 9.17) is 0 Å². The lowest BCUT2D eigenvalue weighted by Crippen LogP contribution is -1.89. The van der Waals surface area contributed by atoms with E-state index in [1.165, 1.54) is 12.3 Å². The average Bonchev–Trinajstić information content (AvgIpc) is 2.48. The topological polar surface area (TPSA) is 88.9 Å². The van der Waals surface area contributed by atoms with E-state index in [0.717, 1.165) is 6.08 Å². The maximum Gasteiger partial charge on any atom is 0.349 e. The van der Waals surface area contributed by atoms with E-state index in [1.807, 2.05) is 0 Å². The van der Waals surface area contributed by atoms with Gasteiger partial charge in [0.25, 0.3) is 0 Å². The second kappa shape index (κ2) is 3.42. The highest BCUT2D eigenvalue weighted by Gasteiger charge is 2.10. The fourth-order valence-corrected chi connectivity index (χ4v) is 0.700. The zero-order chi connectivity index (χ0) is 8.97. The molecule has 1 aromatic rings. The van der Waals surface area contributed by atoms with Gasteiger partial charge in [-0.3, -0.25) is 4.79 Å². The molecule has 0 spiro atoms. The van der Waals surface area contributed by atoms with Gasteiger partial charge >= 0.3 is 5.82 Å². The molecule has 1 rings (SSSR count). The molecule has 0 amide bonds. The number of rotatable bonds is 3. The number of hydrogen-bond acceptors (Lipinski definition) is 4. The number of nitrogens with one attached hydrogen (secondary N) is 1. The summed E-state index contributed by atoms with van der Waals surface area (Å²) in [6.07, 6.45) is 4.29. The standard InChI is InChI=1S/C6H5N3O3/c10-3-1-2-5-4-7-8-6(5)9(11)12/h1-4H,(H,7,8)/b2-1+. The molecule has 62 valence electrons. The Kier molecular flexibility index (Phi) is 2.32. The molecule has 1 heterocycles. The first kappa shape index (κ1) is 8.12. The third kappa shape index (κ3) is 1.54. The Labute approximate surface area is 67.0 Å². The van der Waals surface area contributed by atoms with Crippen LogP contribution in [-0.2, 0) is 4.79 Å². The van der Waals surface area contributed by atoms with Crippen molar-refractivity contribution in [2.24, 2.45) is 0 Å². The zero-order valence-electron chi connectivity index (χ0n) is 5.93. The van der Waals surface area contributed by atoms with Crippen molar-refractivity contribution in [3.63, 3.8) is 0 Å². The van der Waals surface area contributed by atoms with E-state index >= 15 is 0 Å². The van der Waals surface area contributed by atoms with Crippen LogP contribution in [0.2, 0.25) is 0 Å². The SMILES string of the molecule is O=C/C=C/c1cn[nH]c1[N+](=O)[O-]. The van der Waals surface area contributed by atoms with Crippen LogP contribution in [0.3, 0.4) is 0 Å². The Bertz CT molecular complexity index is 329. The zero-order valence-corrected chi connectivity index (χ0v) is 5.93. The molecular formula is C6H5N3O3. The van der Waals surface area contributed by atoms with Gasteiger partial charge in [-0.2, -0.15) is 0 Å². The van der Waals surface area contributed by atoms with Crippen LogP contribution in [0.15, 0.2) is 12.3 Å². The molecule has 0 aliphatic rings. The highest BCUT2D eigenvalue weighted by Crippen LogP contribution is 2.14. The van der Waals surface area contributed by atoms with Gasteiger partial charge in [-0.25, -0.2) is 0 Å². The molecule has 0 bridgehead atoms. The number of aromatic amines is 1. The lowest BCUT2D eigenvalue weighted by molar-refractivity contribution is -0.389. The molecule has 0 saturated heterocycles. The number of aldehydes is 1. The first-order chi connectivity index (χ1) is 5.75. The molecule has 1 aromatic heterocycles. The average molecular weight is 167 g/mol. The van der Waals surface area contributed by atoms with E-state index in [1.54, 1.807) is 0 Å². The Morgan fingerprint density at radius 3 is 3.00 bits per heavy atom. The summed E-state index contributed by atoms with van der Waals surface area (Å²) in [6, 6.07) is 0. The minimum absolute atomic E-state index is 0.215. The van der Waals surface area contributed by atoms with Crippen molar-refractivity contribution in [2.75, 3.05) is 0 Å². The second-order valence-corrected chi connectivity index (χ2v) is 1.93. The van der Waals surface area contributed by atoms with Gasteiger partial charge in [-0.1, -0.05) is 5.10 Å². The maximum absolute atomic E-state index is 10.3. The van der Waals surface area contributed by atoms with Crippen molar-refractivity contribution in [3.05, 3.63) is 28.0 Å². The number of nitrogens with zero attached hydrogens (tertiary/aromatic N) is 2. The predicted molar refractivity (Wildman–Crippen MR) is 40.3 cm³/mol. The van der Waals surface area contributed by atoms with Crippen LogP contribution in [0.1, 0.15) is 5.56 Å². The van der Waals surface area contributed by atoms with Gasteiger partial charge in [0.05, 0.1) is 11.8 Å². The van der Waals surface area contributed by atoms with Gasteiger partial charge in [-0.05, 0) is 17.1 Å². The molecule has 0 radical (unpaired) electrons. The van der Waals surface area contributed by atoms with Crippen molar-refractivity contribution in [1.82, 2.24) is 10.2 Å². The fourth-order valence-electron chi connectivity index (χ4n) is 0.700. The first-order valence-electron chi connectivity index (χ1n) is 3.05. The Morgan fingerprint density at radius 2 is 2.42 bits per heavy atom. The summed E-state index contributed by atoms with van der Waals surface area (Å²) in [5.74, 6) is -0.215. The van der Waals surface area contributed by atoms with E-state index in [9.17, 15) is 14.9 Å². The molecule has 0 aliphatic carbocycles. The maximum atomic E-state index is 10.3. The Hall–Kier alpha value is -1.98. The molecule has 0 aliphatic heterocycles. The smallest absolute Gasteiger partial charge is 0.349 e. The van der Waals surface area contributed by atoms with Crippen LogP contribution in [0, 0.1) is 10.1 Å². The minimum atomic E-state index is -0.600. The number of hydrogen-bond donors (Lipinski definition) is 1. The summed E-state index contributed by atoms with van der Waals surface area (Å²) in [5, 5.41) is 15.9. The molecule has 1 N–H and O–H groups in total. The van der Waals surface area contributed by atoms with Crippen molar-refractivity contribution < 1.29 is 9.72 Å². The summed E-state index contributed by atoms with van der Waals surface area (Å²) in [7, 11) is 0. The molecule has 6 heteroatoms. The van der Waals surface area contributed by atoms with Crippen molar-refractivity contribution in [1.29, 1.82) is 0 Å². The van der Waals surface area contributed by atoms with E-state index < -0.39 is 4.92 Å². The molecule has 0 aromatic carbocycles. The Morgan fingerprint density at radius 1 is 1.67 bits per heavy atom. The van der Waals surface area contributed by atoms with Crippen LogP contribution in [0.25, 0.3) is 6.08 Å². The molecule has 6 nitrogen and oxygen atoms in total. The largest absolute Gasteiger partial charge is 0.358 e. The number of allylic oxidation sites excluding steroid dienone is 1. The van der Waals surface area contributed by atoms with Gasteiger partial charge in [-0.15, -0.1) is 5.10 Å². The summed E-state index contributed by atoms with van der Waals surface area (Å²) in [6.45, 7) is 0. The highest BCUT2D eigenvalue weighted by molar-refractivity contribution is 5.75. The molecule has 0 saturated carbocycles. The van der Waals surface area contributed by atoms with Crippen LogP contribution in [0.5, 0.6) is 0 Å². The van der Waals surface area contributed by atoms with Gasteiger partial charge in [0.1, 0.15) is 6.29 Å². The first-order valence-corrected chi connectivity index (χ1v) is 3.05. The van der Waals surface area contributed by atoms with Gasteiger partial charge in [0.15, 0.2) is 0 Å². The van der Waals surface area contributed by atoms with Gasteiger partial charge in [0, 0.05) is 0 Å².